The van der Waals surface area contributed by atoms with Crippen LogP contribution in [0.15, 0.2) is 36.7 Å². The lowest BCUT2D eigenvalue weighted by molar-refractivity contribution is 0.0952. The zero-order chi connectivity index (χ0) is 16.9. The molecule has 0 radical (unpaired) electrons. The van der Waals surface area contributed by atoms with Gasteiger partial charge in [-0.3, -0.25) is 4.79 Å². The predicted octanol–water partition coefficient (Wildman–Crippen LogP) is 3.04. The maximum atomic E-state index is 12.3. The van der Waals surface area contributed by atoms with Crippen molar-refractivity contribution in [3.05, 3.63) is 48.0 Å². The van der Waals surface area contributed by atoms with Gasteiger partial charge in [-0.05, 0) is 51.0 Å². The molecule has 1 aliphatic rings. The van der Waals surface area contributed by atoms with Gasteiger partial charge in [-0.25, -0.2) is 4.98 Å². The van der Waals surface area contributed by atoms with Gasteiger partial charge in [0.15, 0.2) is 0 Å². The smallest absolute Gasteiger partial charge is 0.251 e. The van der Waals surface area contributed by atoms with Crippen LogP contribution in [0.5, 0.6) is 0 Å². The van der Waals surface area contributed by atoms with E-state index in [-0.39, 0.29) is 5.91 Å². The minimum atomic E-state index is -0.0193. The summed E-state index contributed by atoms with van der Waals surface area (Å²) in [6.07, 6.45) is 6.32. The van der Waals surface area contributed by atoms with Crippen LogP contribution in [0.1, 0.15) is 48.8 Å². The Bertz CT molecular complexity index is 669. The van der Waals surface area contributed by atoms with Crippen LogP contribution >= 0.6 is 0 Å². The Hall–Kier alpha value is -2.30. The molecule has 1 aliphatic carbocycles. The van der Waals surface area contributed by atoms with Crippen molar-refractivity contribution in [1.82, 2.24) is 14.9 Å². The number of benzene rings is 1. The van der Waals surface area contributed by atoms with Gasteiger partial charge in [0, 0.05) is 55.7 Å². The van der Waals surface area contributed by atoms with Crippen molar-refractivity contribution in [1.29, 1.82) is 0 Å². The van der Waals surface area contributed by atoms with E-state index in [0.29, 0.717) is 18.0 Å². The Kier molecular flexibility index (Phi) is 5.18. The molecule has 1 heterocycles. The highest BCUT2D eigenvalue weighted by molar-refractivity contribution is 5.94. The number of hydrogen-bond donors (Lipinski definition) is 1. The van der Waals surface area contributed by atoms with Gasteiger partial charge in [0.1, 0.15) is 5.82 Å². The number of aromatic nitrogens is 2. The minimum absolute atomic E-state index is 0.0193. The number of anilines is 1. The fourth-order valence-electron chi connectivity index (χ4n) is 3.02. The lowest BCUT2D eigenvalue weighted by atomic mass is 10.2. The first-order chi connectivity index (χ1) is 11.7. The highest BCUT2D eigenvalue weighted by atomic mass is 16.1. The van der Waals surface area contributed by atoms with Crippen LogP contribution < -0.4 is 10.2 Å². The fraction of sp³-hybridized carbons (Fsp3) is 0.474. The van der Waals surface area contributed by atoms with E-state index in [1.165, 1.54) is 12.8 Å². The first-order valence-electron chi connectivity index (χ1n) is 8.87. The predicted molar refractivity (Wildman–Crippen MR) is 96.5 cm³/mol. The molecule has 1 aromatic carbocycles. The third-order valence-corrected chi connectivity index (χ3v) is 4.59. The Morgan fingerprint density at radius 3 is 2.58 bits per heavy atom. The van der Waals surface area contributed by atoms with Gasteiger partial charge in [0.05, 0.1) is 0 Å². The Morgan fingerprint density at radius 2 is 1.96 bits per heavy atom. The second kappa shape index (κ2) is 7.51. The van der Waals surface area contributed by atoms with Crippen LogP contribution in [-0.4, -0.2) is 35.1 Å². The molecule has 1 N–H and O–H groups in total. The first-order valence-corrected chi connectivity index (χ1v) is 8.87. The van der Waals surface area contributed by atoms with Gasteiger partial charge in [-0.2, -0.15) is 0 Å². The van der Waals surface area contributed by atoms with E-state index in [4.69, 9.17) is 0 Å². The summed E-state index contributed by atoms with van der Waals surface area (Å²) in [6, 6.07) is 7.83. The minimum Gasteiger partial charge on any atom is -0.372 e. The number of rotatable bonds is 8. The van der Waals surface area contributed by atoms with Gasteiger partial charge in [0.25, 0.3) is 5.91 Å². The molecular weight excluding hydrogens is 300 g/mol. The van der Waals surface area contributed by atoms with E-state index in [0.717, 1.165) is 31.1 Å². The summed E-state index contributed by atoms with van der Waals surface area (Å²) in [5.74, 6) is 1.77. The molecule has 1 amide bonds. The van der Waals surface area contributed by atoms with Gasteiger partial charge >= 0.3 is 0 Å². The van der Waals surface area contributed by atoms with Crippen molar-refractivity contribution in [2.75, 3.05) is 24.5 Å². The Labute approximate surface area is 143 Å². The molecule has 0 spiro atoms. The van der Waals surface area contributed by atoms with Crippen molar-refractivity contribution >= 4 is 11.6 Å². The van der Waals surface area contributed by atoms with E-state index in [9.17, 15) is 4.79 Å². The summed E-state index contributed by atoms with van der Waals surface area (Å²) < 4.78 is 2.15. The van der Waals surface area contributed by atoms with E-state index in [1.54, 1.807) is 0 Å². The molecule has 128 valence electrons. The van der Waals surface area contributed by atoms with Crippen LogP contribution in [0.25, 0.3) is 0 Å². The number of carbonyl (C=O) groups is 1. The SMILES string of the molecule is CCN(CC)c1ccc(C(=O)NCCn2ccnc2C2CC2)cc1. The van der Waals surface area contributed by atoms with E-state index < -0.39 is 0 Å². The summed E-state index contributed by atoms with van der Waals surface area (Å²) in [7, 11) is 0. The van der Waals surface area contributed by atoms with Gasteiger partial charge in [-0.15, -0.1) is 0 Å². The van der Waals surface area contributed by atoms with Crippen LogP contribution in [0.2, 0.25) is 0 Å². The highest BCUT2D eigenvalue weighted by Gasteiger charge is 2.27. The zero-order valence-electron chi connectivity index (χ0n) is 14.5. The van der Waals surface area contributed by atoms with Gasteiger partial charge in [0.2, 0.25) is 0 Å². The number of amides is 1. The molecule has 5 nitrogen and oxygen atoms in total. The third-order valence-electron chi connectivity index (χ3n) is 4.59. The number of carbonyl (C=O) groups excluding carboxylic acids is 1. The quantitative estimate of drug-likeness (QED) is 0.811. The number of hydrogen-bond acceptors (Lipinski definition) is 3. The normalized spacial score (nSPS) is 13.8. The first kappa shape index (κ1) is 16.6. The van der Waals surface area contributed by atoms with Crippen LogP contribution in [0, 0.1) is 0 Å². The summed E-state index contributed by atoms with van der Waals surface area (Å²) in [4.78, 5) is 19.0. The van der Waals surface area contributed by atoms with Crippen molar-refractivity contribution < 1.29 is 4.79 Å². The van der Waals surface area contributed by atoms with Crippen molar-refractivity contribution in [2.45, 2.75) is 39.2 Å². The lowest BCUT2D eigenvalue weighted by Crippen LogP contribution is -2.27. The molecular formula is C19H26N4O. The van der Waals surface area contributed by atoms with Crippen LogP contribution in [-0.2, 0) is 6.54 Å². The standard InChI is InChI=1S/C19H26N4O/c1-3-22(4-2)17-9-7-16(8-10-17)19(24)21-12-14-23-13-11-20-18(23)15-5-6-15/h7-11,13,15H,3-6,12,14H2,1-2H3,(H,21,24). The summed E-state index contributed by atoms with van der Waals surface area (Å²) >= 11 is 0. The molecule has 5 heteroatoms. The monoisotopic (exact) mass is 326 g/mol. The second-order valence-corrected chi connectivity index (χ2v) is 6.23. The van der Waals surface area contributed by atoms with Gasteiger partial charge < -0.3 is 14.8 Å². The fourth-order valence-corrected chi connectivity index (χ4v) is 3.02. The second-order valence-electron chi connectivity index (χ2n) is 6.23. The number of imidazole rings is 1. The van der Waals surface area contributed by atoms with Crippen molar-refractivity contribution in [3.63, 3.8) is 0 Å². The molecule has 0 saturated heterocycles. The lowest BCUT2D eigenvalue weighted by Gasteiger charge is -2.21. The molecule has 1 fully saturated rings. The molecule has 1 saturated carbocycles. The Balaban J connectivity index is 1.52. The average molecular weight is 326 g/mol. The topological polar surface area (TPSA) is 50.2 Å². The van der Waals surface area contributed by atoms with Crippen molar-refractivity contribution in [3.8, 4) is 0 Å². The molecule has 0 atom stereocenters. The molecule has 0 unspecified atom stereocenters. The zero-order valence-corrected chi connectivity index (χ0v) is 14.5. The average Bonchev–Trinajstić information content (AvgIpc) is 3.35. The van der Waals surface area contributed by atoms with E-state index >= 15 is 0 Å². The van der Waals surface area contributed by atoms with Crippen LogP contribution in [0.3, 0.4) is 0 Å². The molecule has 0 aliphatic heterocycles. The van der Waals surface area contributed by atoms with Crippen molar-refractivity contribution in [2.24, 2.45) is 0 Å². The van der Waals surface area contributed by atoms with Gasteiger partial charge in [-0.1, -0.05) is 0 Å². The van der Waals surface area contributed by atoms with E-state index in [1.807, 2.05) is 36.7 Å². The highest BCUT2D eigenvalue weighted by Crippen LogP contribution is 2.38. The molecule has 24 heavy (non-hydrogen) atoms. The maximum Gasteiger partial charge on any atom is 0.251 e. The number of nitrogens with zero attached hydrogens (tertiary/aromatic N) is 3. The molecule has 3 rings (SSSR count). The van der Waals surface area contributed by atoms with E-state index in [2.05, 4.69) is 33.6 Å². The number of nitrogens with one attached hydrogen (secondary N) is 1. The van der Waals surface area contributed by atoms with Crippen LogP contribution in [0.4, 0.5) is 5.69 Å². The largest absolute Gasteiger partial charge is 0.372 e. The summed E-state index contributed by atoms with van der Waals surface area (Å²) in [5.41, 5.74) is 1.86. The maximum absolute atomic E-state index is 12.3. The summed E-state index contributed by atoms with van der Waals surface area (Å²) in [5, 5.41) is 3.00. The molecule has 2 aromatic rings. The molecule has 1 aromatic heterocycles. The Morgan fingerprint density at radius 1 is 1.25 bits per heavy atom. The summed E-state index contributed by atoms with van der Waals surface area (Å²) in [6.45, 7) is 7.60. The molecule has 0 bridgehead atoms. The third kappa shape index (κ3) is 3.78.